The first kappa shape index (κ1) is 15.9. The SMILES string of the molecule is COCC1OC(O)(c2ccc3c(C)ncnn23)C2OC(C)(C)OC12. The van der Waals surface area contributed by atoms with Crippen molar-refractivity contribution in [2.45, 2.75) is 50.7 Å². The second kappa shape index (κ2) is 5.21. The zero-order chi connectivity index (χ0) is 17.1. The van der Waals surface area contributed by atoms with Crippen molar-refractivity contribution in [1.82, 2.24) is 14.6 Å². The lowest BCUT2D eigenvalue weighted by atomic mass is 10.0. The van der Waals surface area contributed by atoms with Gasteiger partial charge in [-0.3, -0.25) is 0 Å². The number of aromatic nitrogens is 3. The molecule has 8 heteroatoms. The number of aliphatic hydroxyl groups is 1. The van der Waals surface area contributed by atoms with Gasteiger partial charge in [-0.25, -0.2) is 9.50 Å². The maximum absolute atomic E-state index is 11.4. The zero-order valence-electron chi connectivity index (χ0n) is 14.1. The van der Waals surface area contributed by atoms with Crippen LogP contribution in [0.4, 0.5) is 0 Å². The Labute approximate surface area is 139 Å². The maximum atomic E-state index is 11.4. The van der Waals surface area contributed by atoms with Gasteiger partial charge < -0.3 is 24.1 Å². The Morgan fingerprint density at radius 2 is 2.08 bits per heavy atom. The standard InChI is InChI=1S/C16H21N3O5/c1-9-10-5-6-12(19(10)18-8-17-9)16(20)14-13(11(22-16)7-21-4)23-15(2,3)24-14/h5-6,8,11,13-14,20H,7H2,1-4H3. The van der Waals surface area contributed by atoms with Crippen LogP contribution in [-0.2, 0) is 24.7 Å². The molecule has 0 spiro atoms. The lowest BCUT2D eigenvalue weighted by Crippen LogP contribution is -2.41. The van der Waals surface area contributed by atoms with Crippen LogP contribution >= 0.6 is 0 Å². The topological polar surface area (TPSA) is 87.3 Å². The summed E-state index contributed by atoms with van der Waals surface area (Å²) in [5.74, 6) is -2.49. The summed E-state index contributed by atoms with van der Waals surface area (Å²) in [7, 11) is 1.58. The monoisotopic (exact) mass is 335 g/mol. The normalized spacial score (nSPS) is 34.8. The molecule has 2 fully saturated rings. The quantitative estimate of drug-likeness (QED) is 0.885. The molecule has 0 aliphatic carbocycles. The molecule has 2 aliphatic rings. The number of fused-ring (bicyclic) bond motifs is 2. The van der Waals surface area contributed by atoms with Gasteiger partial charge in [-0.2, -0.15) is 5.10 Å². The second-order valence-electron chi connectivity index (χ2n) is 6.69. The Morgan fingerprint density at radius 1 is 1.29 bits per heavy atom. The first-order valence-corrected chi connectivity index (χ1v) is 7.90. The van der Waals surface area contributed by atoms with E-state index in [1.54, 1.807) is 17.7 Å². The van der Waals surface area contributed by atoms with Crippen LogP contribution in [0.15, 0.2) is 18.5 Å². The van der Waals surface area contributed by atoms with E-state index in [9.17, 15) is 5.11 Å². The highest BCUT2D eigenvalue weighted by Crippen LogP contribution is 2.47. The molecular weight excluding hydrogens is 314 g/mol. The highest BCUT2D eigenvalue weighted by Gasteiger charge is 2.64. The van der Waals surface area contributed by atoms with E-state index in [1.165, 1.54) is 6.33 Å². The Hall–Kier alpha value is -1.58. The number of rotatable bonds is 3. The highest BCUT2D eigenvalue weighted by atomic mass is 16.8. The summed E-state index contributed by atoms with van der Waals surface area (Å²) in [5, 5.41) is 15.6. The van der Waals surface area contributed by atoms with E-state index in [-0.39, 0.29) is 0 Å². The van der Waals surface area contributed by atoms with E-state index < -0.39 is 29.9 Å². The van der Waals surface area contributed by atoms with Crippen molar-refractivity contribution < 1.29 is 24.1 Å². The van der Waals surface area contributed by atoms with Crippen LogP contribution < -0.4 is 0 Å². The minimum Gasteiger partial charge on any atom is -0.382 e. The van der Waals surface area contributed by atoms with E-state index in [4.69, 9.17) is 18.9 Å². The number of nitrogens with zero attached hydrogens (tertiary/aromatic N) is 3. The Morgan fingerprint density at radius 3 is 2.83 bits per heavy atom. The molecule has 8 nitrogen and oxygen atoms in total. The van der Waals surface area contributed by atoms with Crippen molar-refractivity contribution >= 4 is 5.52 Å². The first-order valence-electron chi connectivity index (χ1n) is 7.90. The van der Waals surface area contributed by atoms with Gasteiger partial charge in [0.15, 0.2) is 5.79 Å². The summed E-state index contributed by atoms with van der Waals surface area (Å²) in [4.78, 5) is 4.17. The van der Waals surface area contributed by atoms with Gasteiger partial charge in [0.1, 0.15) is 30.3 Å². The lowest BCUT2D eigenvalue weighted by molar-refractivity contribution is -0.286. The van der Waals surface area contributed by atoms with Crippen molar-refractivity contribution in [3.05, 3.63) is 29.8 Å². The molecule has 4 unspecified atom stereocenters. The van der Waals surface area contributed by atoms with Gasteiger partial charge in [-0.1, -0.05) is 0 Å². The molecule has 24 heavy (non-hydrogen) atoms. The molecule has 2 aromatic rings. The van der Waals surface area contributed by atoms with Gasteiger partial charge in [0, 0.05) is 7.11 Å². The van der Waals surface area contributed by atoms with Crippen molar-refractivity contribution in [2.24, 2.45) is 0 Å². The number of hydrogen-bond acceptors (Lipinski definition) is 7. The molecular formula is C16H21N3O5. The molecule has 0 radical (unpaired) electrons. The maximum Gasteiger partial charge on any atom is 0.240 e. The largest absolute Gasteiger partial charge is 0.382 e. The van der Waals surface area contributed by atoms with Gasteiger partial charge in [-0.05, 0) is 32.9 Å². The van der Waals surface area contributed by atoms with Crippen molar-refractivity contribution in [3.63, 3.8) is 0 Å². The van der Waals surface area contributed by atoms with Gasteiger partial charge in [-0.15, -0.1) is 0 Å². The third kappa shape index (κ3) is 2.18. The Bertz CT molecular complexity index is 776. The van der Waals surface area contributed by atoms with Crippen LogP contribution in [0.2, 0.25) is 0 Å². The fourth-order valence-electron chi connectivity index (χ4n) is 3.56. The summed E-state index contributed by atoms with van der Waals surface area (Å²) in [5.41, 5.74) is 2.10. The summed E-state index contributed by atoms with van der Waals surface area (Å²) >= 11 is 0. The second-order valence-corrected chi connectivity index (χ2v) is 6.69. The summed E-state index contributed by atoms with van der Waals surface area (Å²) < 4.78 is 24.7. The molecule has 2 aliphatic heterocycles. The first-order chi connectivity index (χ1) is 11.4. The number of aryl methyl sites for hydroxylation is 1. The van der Waals surface area contributed by atoms with Crippen LogP contribution in [0.5, 0.6) is 0 Å². The van der Waals surface area contributed by atoms with Gasteiger partial charge in [0.25, 0.3) is 0 Å². The highest BCUT2D eigenvalue weighted by molar-refractivity contribution is 5.53. The van der Waals surface area contributed by atoms with Gasteiger partial charge in [0.05, 0.1) is 17.8 Å². The molecule has 4 rings (SSSR count). The summed E-state index contributed by atoms with van der Waals surface area (Å²) in [6.07, 6.45) is -0.107. The van der Waals surface area contributed by atoms with E-state index in [0.717, 1.165) is 11.2 Å². The molecule has 1 N–H and O–H groups in total. The van der Waals surface area contributed by atoms with E-state index in [2.05, 4.69) is 10.1 Å². The van der Waals surface area contributed by atoms with E-state index in [1.807, 2.05) is 26.8 Å². The predicted octanol–water partition coefficient (Wildman–Crippen LogP) is 0.748. The van der Waals surface area contributed by atoms with E-state index in [0.29, 0.717) is 12.3 Å². The van der Waals surface area contributed by atoms with Crippen molar-refractivity contribution in [1.29, 1.82) is 0 Å². The minimum atomic E-state index is -1.69. The zero-order valence-corrected chi connectivity index (χ0v) is 14.1. The number of methoxy groups -OCH3 is 1. The molecule has 2 aromatic heterocycles. The van der Waals surface area contributed by atoms with Crippen LogP contribution in [0.3, 0.4) is 0 Å². The number of hydrogen-bond donors (Lipinski definition) is 1. The summed E-state index contributed by atoms with van der Waals surface area (Å²) in [6.45, 7) is 5.81. The van der Waals surface area contributed by atoms with Crippen LogP contribution in [-0.4, -0.2) is 57.5 Å². The molecule has 0 bridgehead atoms. The molecule has 130 valence electrons. The van der Waals surface area contributed by atoms with E-state index >= 15 is 0 Å². The van der Waals surface area contributed by atoms with Gasteiger partial charge in [0.2, 0.25) is 5.79 Å². The molecule has 4 atom stereocenters. The molecule has 2 saturated heterocycles. The average Bonchev–Trinajstić information content (AvgIpc) is 3.14. The Kier molecular flexibility index (Phi) is 3.45. The third-order valence-electron chi connectivity index (χ3n) is 4.55. The Balaban J connectivity index is 1.81. The van der Waals surface area contributed by atoms with Crippen molar-refractivity contribution in [2.75, 3.05) is 13.7 Å². The fraction of sp³-hybridized carbons (Fsp3) is 0.625. The third-order valence-corrected chi connectivity index (χ3v) is 4.55. The van der Waals surface area contributed by atoms with Crippen LogP contribution in [0.25, 0.3) is 5.52 Å². The number of ether oxygens (including phenoxy) is 4. The lowest BCUT2D eigenvalue weighted by Gasteiger charge is -2.29. The molecule has 4 heterocycles. The van der Waals surface area contributed by atoms with Crippen LogP contribution in [0.1, 0.15) is 25.2 Å². The molecule has 0 amide bonds. The average molecular weight is 335 g/mol. The fourth-order valence-corrected chi connectivity index (χ4v) is 3.56. The van der Waals surface area contributed by atoms with Crippen molar-refractivity contribution in [3.8, 4) is 0 Å². The molecule has 0 saturated carbocycles. The predicted molar refractivity (Wildman–Crippen MR) is 82.2 cm³/mol. The van der Waals surface area contributed by atoms with Crippen LogP contribution in [0, 0.1) is 6.92 Å². The summed E-state index contributed by atoms with van der Waals surface area (Å²) in [6, 6.07) is 3.63. The minimum absolute atomic E-state index is 0.292. The molecule has 0 aromatic carbocycles. The van der Waals surface area contributed by atoms with Gasteiger partial charge >= 0.3 is 0 Å². The smallest absolute Gasteiger partial charge is 0.240 e.